The van der Waals surface area contributed by atoms with E-state index in [0.29, 0.717) is 18.8 Å². The van der Waals surface area contributed by atoms with Gasteiger partial charge >= 0.3 is 0 Å². The van der Waals surface area contributed by atoms with Crippen LogP contribution in [0.2, 0.25) is 0 Å². The maximum atomic E-state index is 11.4. The molecule has 8 heteroatoms. The number of nitro groups is 1. The zero-order chi connectivity index (χ0) is 14.2. The van der Waals surface area contributed by atoms with Crippen LogP contribution in [0.5, 0.6) is 0 Å². The highest BCUT2D eigenvalue weighted by Crippen LogP contribution is 2.34. The van der Waals surface area contributed by atoms with Crippen LogP contribution >= 0.6 is 0 Å². The van der Waals surface area contributed by atoms with Crippen LogP contribution in [0.4, 0.5) is 11.4 Å². The van der Waals surface area contributed by atoms with E-state index in [1.807, 2.05) is 0 Å². The maximum Gasteiger partial charge on any atom is 0.293 e. The first-order valence-electron chi connectivity index (χ1n) is 5.67. The zero-order valence-electron chi connectivity index (χ0n) is 10.3. The van der Waals surface area contributed by atoms with Crippen molar-refractivity contribution in [3.63, 3.8) is 0 Å². The average molecular weight is 286 g/mol. The Kier molecular flexibility index (Phi) is 3.46. The molecule has 0 spiro atoms. The van der Waals surface area contributed by atoms with E-state index in [0.717, 1.165) is 12.3 Å². The Morgan fingerprint density at radius 2 is 2.11 bits per heavy atom. The molecule has 0 aliphatic carbocycles. The third-order valence-corrected chi connectivity index (χ3v) is 4.24. The number of aliphatic hydroxyl groups is 1. The van der Waals surface area contributed by atoms with E-state index in [-0.39, 0.29) is 23.1 Å². The first kappa shape index (κ1) is 13.8. The molecule has 0 unspecified atom stereocenters. The van der Waals surface area contributed by atoms with Crippen LogP contribution in [-0.2, 0) is 9.84 Å². The SMILES string of the molecule is CS(=O)(=O)c1ccc(N2CC(CO)C2)c([N+](=O)[O-])c1. The summed E-state index contributed by atoms with van der Waals surface area (Å²) in [5.41, 5.74) is 0.168. The van der Waals surface area contributed by atoms with E-state index in [4.69, 9.17) is 5.11 Å². The summed E-state index contributed by atoms with van der Waals surface area (Å²) in [4.78, 5) is 12.1. The summed E-state index contributed by atoms with van der Waals surface area (Å²) in [6.07, 6.45) is 1.01. The minimum absolute atomic E-state index is 0.0473. The molecule has 7 nitrogen and oxygen atoms in total. The molecule has 2 rings (SSSR count). The lowest BCUT2D eigenvalue weighted by Gasteiger charge is -2.39. The Bertz CT molecular complexity index is 608. The Balaban J connectivity index is 2.38. The minimum Gasteiger partial charge on any atom is -0.396 e. The molecule has 19 heavy (non-hydrogen) atoms. The van der Waals surface area contributed by atoms with Gasteiger partial charge in [0.25, 0.3) is 5.69 Å². The van der Waals surface area contributed by atoms with Gasteiger partial charge in [-0.3, -0.25) is 10.1 Å². The molecule has 1 aromatic rings. The number of rotatable bonds is 4. The summed E-state index contributed by atoms with van der Waals surface area (Å²) in [6, 6.07) is 3.89. The lowest BCUT2D eigenvalue weighted by atomic mass is 10.00. The molecule has 0 aromatic heterocycles. The molecule has 1 heterocycles. The highest BCUT2D eigenvalue weighted by atomic mass is 32.2. The normalized spacial score (nSPS) is 16.2. The highest BCUT2D eigenvalue weighted by Gasteiger charge is 2.31. The van der Waals surface area contributed by atoms with Crippen LogP contribution in [-0.4, -0.2) is 44.4 Å². The summed E-state index contributed by atoms with van der Waals surface area (Å²) >= 11 is 0. The smallest absolute Gasteiger partial charge is 0.293 e. The van der Waals surface area contributed by atoms with Crippen LogP contribution < -0.4 is 4.90 Å². The monoisotopic (exact) mass is 286 g/mol. The van der Waals surface area contributed by atoms with Crippen LogP contribution in [0.25, 0.3) is 0 Å². The second kappa shape index (κ2) is 4.78. The van der Waals surface area contributed by atoms with Crippen molar-refractivity contribution in [1.82, 2.24) is 0 Å². The minimum atomic E-state index is -3.47. The first-order chi connectivity index (χ1) is 8.82. The molecule has 0 saturated carbocycles. The molecule has 0 radical (unpaired) electrons. The Labute approximate surface area is 110 Å². The van der Waals surface area contributed by atoms with Crippen molar-refractivity contribution in [2.24, 2.45) is 5.92 Å². The Morgan fingerprint density at radius 3 is 2.58 bits per heavy atom. The molecule has 1 fully saturated rings. The molecular formula is C11H14N2O5S. The number of nitro benzene ring substituents is 1. The quantitative estimate of drug-likeness (QED) is 0.636. The summed E-state index contributed by atoms with van der Waals surface area (Å²) < 4.78 is 22.8. The van der Waals surface area contributed by atoms with Gasteiger partial charge in [0.2, 0.25) is 0 Å². The number of sulfone groups is 1. The van der Waals surface area contributed by atoms with Gasteiger partial charge in [-0.15, -0.1) is 0 Å². The number of anilines is 1. The van der Waals surface area contributed by atoms with Gasteiger partial charge < -0.3 is 10.0 Å². The van der Waals surface area contributed by atoms with E-state index in [1.165, 1.54) is 12.1 Å². The van der Waals surface area contributed by atoms with E-state index in [2.05, 4.69) is 0 Å². The fourth-order valence-corrected chi connectivity index (χ4v) is 2.67. The molecule has 0 atom stereocenters. The lowest BCUT2D eigenvalue weighted by molar-refractivity contribution is -0.384. The van der Waals surface area contributed by atoms with Gasteiger partial charge in [-0.25, -0.2) is 8.42 Å². The molecule has 1 aromatic carbocycles. The average Bonchev–Trinajstić information content (AvgIpc) is 2.26. The number of benzene rings is 1. The second-order valence-corrected chi connectivity index (χ2v) is 6.65. The molecular weight excluding hydrogens is 272 g/mol. The fourth-order valence-electron chi connectivity index (χ4n) is 2.03. The predicted molar refractivity (Wildman–Crippen MR) is 69.0 cm³/mol. The van der Waals surface area contributed by atoms with Gasteiger partial charge in [0.1, 0.15) is 5.69 Å². The van der Waals surface area contributed by atoms with Crippen molar-refractivity contribution >= 4 is 21.2 Å². The number of nitrogens with zero attached hydrogens (tertiary/aromatic N) is 2. The molecule has 0 bridgehead atoms. The second-order valence-electron chi connectivity index (χ2n) is 4.63. The molecule has 0 amide bonds. The maximum absolute atomic E-state index is 11.4. The molecule has 1 aliphatic rings. The highest BCUT2D eigenvalue weighted by molar-refractivity contribution is 7.90. The third-order valence-electron chi connectivity index (χ3n) is 3.13. The molecule has 104 valence electrons. The molecule has 1 aliphatic heterocycles. The summed E-state index contributed by atoms with van der Waals surface area (Å²) in [5.74, 6) is 0.120. The van der Waals surface area contributed by atoms with Crippen molar-refractivity contribution in [3.05, 3.63) is 28.3 Å². The van der Waals surface area contributed by atoms with Gasteiger partial charge in [-0.2, -0.15) is 0 Å². The van der Waals surface area contributed by atoms with Crippen LogP contribution in [0, 0.1) is 16.0 Å². The molecule has 1 N–H and O–H groups in total. The Morgan fingerprint density at radius 1 is 1.47 bits per heavy atom. The van der Waals surface area contributed by atoms with Crippen molar-refractivity contribution in [2.75, 3.05) is 30.9 Å². The lowest BCUT2D eigenvalue weighted by Crippen LogP contribution is -2.48. The van der Waals surface area contributed by atoms with Gasteiger partial charge in [-0.1, -0.05) is 0 Å². The summed E-state index contributed by atoms with van der Waals surface area (Å²) in [5, 5.41) is 20.0. The standard InChI is InChI=1S/C11H14N2O5S/c1-19(17,18)9-2-3-10(11(4-9)13(15)16)12-5-8(6-12)7-14/h2-4,8,14H,5-7H2,1H3. The largest absolute Gasteiger partial charge is 0.396 e. The van der Waals surface area contributed by atoms with Gasteiger partial charge in [0, 0.05) is 37.9 Å². The van der Waals surface area contributed by atoms with Gasteiger partial charge in [0.15, 0.2) is 9.84 Å². The van der Waals surface area contributed by atoms with E-state index < -0.39 is 14.8 Å². The van der Waals surface area contributed by atoms with Crippen molar-refractivity contribution in [1.29, 1.82) is 0 Å². The topological polar surface area (TPSA) is 101 Å². The van der Waals surface area contributed by atoms with E-state index >= 15 is 0 Å². The van der Waals surface area contributed by atoms with Gasteiger partial charge in [-0.05, 0) is 12.1 Å². The number of hydrogen-bond acceptors (Lipinski definition) is 6. The van der Waals surface area contributed by atoms with Crippen molar-refractivity contribution in [2.45, 2.75) is 4.90 Å². The van der Waals surface area contributed by atoms with E-state index in [9.17, 15) is 18.5 Å². The van der Waals surface area contributed by atoms with Crippen molar-refractivity contribution in [3.8, 4) is 0 Å². The predicted octanol–water partition coefficient (Wildman–Crippen LogP) is 0.427. The fraction of sp³-hybridized carbons (Fsp3) is 0.455. The van der Waals surface area contributed by atoms with Crippen molar-refractivity contribution < 1.29 is 18.4 Å². The zero-order valence-corrected chi connectivity index (χ0v) is 11.1. The van der Waals surface area contributed by atoms with Crippen LogP contribution in [0.3, 0.4) is 0 Å². The Hall–Kier alpha value is -1.67. The number of hydrogen-bond donors (Lipinski definition) is 1. The first-order valence-corrected chi connectivity index (χ1v) is 7.56. The number of aliphatic hydroxyl groups excluding tert-OH is 1. The third kappa shape index (κ3) is 2.69. The summed E-state index contributed by atoms with van der Waals surface area (Å²) in [7, 11) is -3.47. The van der Waals surface area contributed by atoms with Crippen LogP contribution in [0.15, 0.2) is 23.1 Å². The van der Waals surface area contributed by atoms with E-state index in [1.54, 1.807) is 4.90 Å². The van der Waals surface area contributed by atoms with Crippen LogP contribution in [0.1, 0.15) is 0 Å². The molecule has 1 saturated heterocycles. The summed E-state index contributed by atoms with van der Waals surface area (Å²) in [6.45, 7) is 1.12. The van der Waals surface area contributed by atoms with Gasteiger partial charge in [0.05, 0.1) is 9.82 Å².